The van der Waals surface area contributed by atoms with Crippen molar-refractivity contribution < 1.29 is 9.59 Å². The summed E-state index contributed by atoms with van der Waals surface area (Å²) in [6, 6.07) is 8.10. The molecular weight excluding hydrogens is 280 g/mol. The second kappa shape index (κ2) is 5.87. The molecule has 0 radical (unpaired) electrons. The Hall–Kier alpha value is -2.24. The van der Waals surface area contributed by atoms with Crippen molar-refractivity contribution >= 4 is 23.3 Å². The summed E-state index contributed by atoms with van der Waals surface area (Å²) in [5.41, 5.74) is 2.19. The van der Waals surface area contributed by atoms with Gasteiger partial charge in [0.15, 0.2) is 0 Å². The van der Waals surface area contributed by atoms with Crippen LogP contribution in [0.5, 0.6) is 0 Å². The Morgan fingerprint density at radius 2 is 2.00 bits per heavy atom. The summed E-state index contributed by atoms with van der Waals surface area (Å²) in [6.45, 7) is 4.32. The van der Waals surface area contributed by atoms with Gasteiger partial charge in [0.05, 0.1) is 17.9 Å². The number of para-hydroxylation sites is 2. The van der Waals surface area contributed by atoms with Gasteiger partial charge in [-0.2, -0.15) is 0 Å². The zero-order chi connectivity index (χ0) is 15.7. The molecule has 1 fully saturated rings. The fraction of sp³-hybridized carbons (Fsp3) is 0.500. The molecule has 0 bridgehead atoms. The number of nitrogens with one attached hydrogen (secondary N) is 1. The zero-order valence-corrected chi connectivity index (χ0v) is 13.1. The van der Waals surface area contributed by atoms with E-state index in [4.69, 9.17) is 0 Å². The van der Waals surface area contributed by atoms with Crippen LogP contribution in [0.15, 0.2) is 24.3 Å². The lowest BCUT2D eigenvalue weighted by Crippen LogP contribution is -2.45. The maximum atomic E-state index is 12.5. The first-order valence-electron chi connectivity index (χ1n) is 7.73. The first-order valence-corrected chi connectivity index (χ1v) is 7.73. The van der Waals surface area contributed by atoms with Crippen LogP contribution in [0.2, 0.25) is 0 Å². The monoisotopic (exact) mass is 302 g/mol. The Bertz CT molecular complexity index is 589. The molecule has 2 heterocycles. The van der Waals surface area contributed by atoms with Gasteiger partial charge in [-0.15, -0.1) is 0 Å². The number of urea groups is 1. The highest BCUT2D eigenvalue weighted by Gasteiger charge is 2.30. The minimum absolute atomic E-state index is 0.138. The van der Waals surface area contributed by atoms with Crippen LogP contribution in [0.4, 0.5) is 16.2 Å². The summed E-state index contributed by atoms with van der Waals surface area (Å²) in [7, 11) is 2.07. The van der Waals surface area contributed by atoms with E-state index in [9.17, 15) is 9.59 Å². The van der Waals surface area contributed by atoms with Gasteiger partial charge >= 0.3 is 6.03 Å². The Kier molecular flexibility index (Phi) is 3.92. The van der Waals surface area contributed by atoms with Crippen molar-refractivity contribution in [2.75, 3.05) is 43.0 Å². The van der Waals surface area contributed by atoms with Gasteiger partial charge in [-0.3, -0.25) is 9.69 Å². The molecule has 1 aromatic rings. The standard InChI is InChI=1S/C16H22N4O2/c1-12-7-9-18(2)13-5-3-4-6-14(13)20(12)11-15(21)19-10-8-17-16(19)22/h3-6,12H,7-11H2,1-2H3,(H,17,22). The number of rotatable bonds is 2. The minimum Gasteiger partial charge on any atom is -0.373 e. The first-order chi connectivity index (χ1) is 10.6. The Balaban J connectivity index is 1.86. The van der Waals surface area contributed by atoms with Crippen LogP contribution < -0.4 is 15.1 Å². The van der Waals surface area contributed by atoms with E-state index >= 15 is 0 Å². The highest BCUT2D eigenvalue weighted by Crippen LogP contribution is 2.33. The van der Waals surface area contributed by atoms with Crippen LogP contribution in [-0.2, 0) is 4.79 Å². The van der Waals surface area contributed by atoms with Gasteiger partial charge in [0.1, 0.15) is 0 Å². The van der Waals surface area contributed by atoms with E-state index in [2.05, 4.69) is 35.2 Å². The number of hydrogen-bond donors (Lipinski definition) is 1. The van der Waals surface area contributed by atoms with Crippen molar-refractivity contribution in [1.82, 2.24) is 10.2 Å². The third-order valence-electron chi connectivity index (χ3n) is 4.48. The van der Waals surface area contributed by atoms with Crippen LogP contribution in [0.3, 0.4) is 0 Å². The Morgan fingerprint density at radius 3 is 2.68 bits per heavy atom. The van der Waals surface area contributed by atoms with Crippen LogP contribution in [0.25, 0.3) is 0 Å². The zero-order valence-electron chi connectivity index (χ0n) is 13.1. The molecule has 2 aliphatic rings. The van der Waals surface area contributed by atoms with Crippen molar-refractivity contribution in [3.63, 3.8) is 0 Å². The number of fused-ring (bicyclic) bond motifs is 1. The fourth-order valence-corrected chi connectivity index (χ4v) is 3.11. The predicted octanol–water partition coefficient (Wildman–Crippen LogP) is 1.27. The first kappa shape index (κ1) is 14.7. The molecule has 118 valence electrons. The SMILES string of the molecule is CC1CCN(C)c2ccccc2N1CC(=O)N1CCNC1=O. The van der Waals surface area contributed by atoms with Crippen LogP contribution in [0.1, 0.15) is 13.3 Å². The van der Waals surface area contributed by atoms with E-state index in [1.54, 1.807) is 0 Å². The van der Waals surface area contributed by atoms with Crippen LogP contribution >= 0.6 is 0 Å². The molecule has 1 unspecified atom stereocenters. The van der Waals surface area contributed by atoms with Crippen molar-refractivity contribution in [1.29, 1.82) is 0 Å². The largest absolute Gasteiger partial charge is 0.373 e. The van der Waals surface area contributed by atoms with Crippen LogP contribution in [-0.4, -0.2) is 56.1 Å². The van der Waals surface area contributed by atoms with Gasteiger partial charge < -0.3 is 15.1 Å². The molecule has 3 amide bonds. The summed E-state index contributed by atoms with van der Waals surface area (Å²) in [5.74, 6) is -0.138. The van der Waals surface area contributed by atoms with Crippen LogP contribution in [0, 0.1) is 0 Å². The number of nitrogens with zero attached hydrogens (tertiary/aromatic N) is 3. The molecule has 22 heavy (non-hydrogen) atoms. The van der Waals surface area contributed by atoms with Gasteiger partial charge in [-0.05, 0) is 25.5 Å². The number of anilines is 2. The van der Waals surface area contributed by atoms with E-state index in [-0.39, 0.29) is 24.5 Å². The molecule has 0 spiro atoms. The maximum absolute atomic E-state index is 12.5. The van der Waals surface area contributed by atoms with Crippen molar-refractivity contribution in [3.8, 4) is 0 Å². The molecule has 2 aliphatic heterocycles. The van der Waals surface area contributed by atoms with Gasteiger partial charge in [-0.1, -0.05) is 12.1 Å². The highest BCUT2D eigenvalue weighted by atomic mass is 16.2. The topological polar surface area (TPSA) is 55.9 Å². The Morgan fingerprint density at radius 1 is 1.27 bits per heavy atom. The molecule has 0 aliphatic carbocycles. The average molecular weight is 302 g/mol. The molecule has 0 saturated carbocycles. The summed E-state index contributed by atoms with van der Waals surface area (Å²) < 4.78 is 0. The number of imide groups is 1. The average Bonchev–Trinajstić information content (AvgIpc) is 2.91. The smallest absolute Gasteiger partial charge is 0.324 e. The van der Waals surface area contributed by atoms with Gasteiger partial charge in [0.25, 0.3) is 0 Å². The second-order valence-electron chi connectivity index (χ2n) is 5.95. The molecule has 1 saturated heterocycles. The maximum Gasteiger partial charge on any atom is 0.324 e. The summed E-state index contributed by atoms with van der Waals surface area (Å²) in [6.07, 6.45) is 0.977. The van der Waals surface area contributed by atoms with E-state index in [1.165, 1.54) is 4.90 Å². The number of benzene rings is 1. The molecule has 0 aromatic heterocycles. The molecular formula is C16H22N4O2. The lowest BCUT2D eigenvalue weighted by atomic mass is 10.2. The Labute approximate surface area is 130 Å². The molecule has 1 aromatic carbocycles. The summed E-state index contributed by atoms with van der Waals surface area (Å²) in [4.78, 5) is 29.8. The van der Waals surface area contributed by atoms with Gasteiger partial charge in [-0.25, -0.2) is 4.79 Å². The van der Waals surface area contributed by atoms with E-state index in [0.717, 1.165) is 24.3 Å². The number of carbonyl (C=O) groups is 2. The van der Waals surface area contributed by atoms with E-state index < -0.39 is 0 Å². The molecule has 6 nitrogen and oxygen atoms in total. The summed E-state index contributed by atoms with van der Waals surface area (Å²) in [5, 5.41) is 2.68. The number of carbonyl (C=O) groups excluding carboxylic acids is 2. The number of hydrogen-bond acceptors (Lipinski definition) is 4. The van der Waals surface area contributed by atoms with Gasteiger partial charge in [0, 0.05) is 32.7 Å². The highest BCUT2D eigenvalue weighted by molar-refractivity contribution is 5.98. The molecule has 3 rings (SSSR count). The molecule has 1 atom stereocenters. The minimum atomic E-state index is -0.280. The lowest BCUT2D eigenvalue weighted by Gasteiger charge is -2.31. The fourth-order valence-electron chi connectivity index (χ4n) is 3.11. The van der Waals surface area contributed by atoms with E-state index in [1.807, 2.05) is 18.2 Å². The molecule has 1 N–H and O–H groups in total. The third-order valence-corrected chi connectivity index (χ3v) is 4.48. The van der Waals surface area contributed by atoms with Gasteiger partial charge in [0.2, 0.25) is 5.91 Å². The predicted molar refractivity (Wildman–Crippen MR) is 86.2 cm³/mol. The molecule has 6 heteroatoms. The number of amides is 3. The van der Waals surface area contributed by atoms with Crippen molar-refractivity contribution in [2.45, 2.75) is 19.4 Å². The van der Waals surface area contributed by atoms with Crippen molar-refractivity contribution in [2.24, 2.45) is 0 Å². The summed E-state index contributed by atoms with van der Waals surface area (Å²) >= 11 is 0. The third kappa shape index (κ3) is 2.61. The lowest BCUT2D eigenvalue weighted by molar-refractivity contribution is -0.126. The van der Waals surface area contributed by atoms with Crippen molar-refractivity contribution in [3.05, 3.63) is 24.3 Å². The second-order valence-corrected chi connectivity index (χ2v) is 5.95. The normalized spacial score (nSPS) is 21.5. The van der Waals surface area contributed by atoms with E-state index in [0.29, 0.717) is 13.1 Å². The quantitative estimate of drug-likeness (QED) is 0.894.